The zero-order chi connectivity index (χ0) is 18.9. The van der Waals surface area contributed by atoms with E-state index in [2.05, 4.69) is 10.1 Å². The Balaban J connectivity index is 2.09. The van der Waals surface area contributed by atoms with E-state index in [0.717, 1.165) is 22.4 Å². The molecule has 0 radical (unpaired) electrons. The molecule has 10 heteroatoms. The highest BCUT2D eigenvalue weighted by atomic mass is 32.2. The Morgan fingerprint density at radius 3 is 2.42 bits per heavy atom. The van der Waals surface area contributed by atoms with Gasteiger partial charge in [-0.3, -0.25) is 0 Å². The van der Waals surface area contributed by atoms with Crippen LogP contribution in [0.4, 0.5) is 4.39 Å². The molecule has 1 heterocycles. The molecule has 0 atom stereocenters. The van der Waals surface area contributed by atoms with E-state index >= 15 is 0 Å². The first-order valence-corrected chi connectivity index (χ1v) is 8.99. The van der Waals surface area contributed by atoms with Gasteiger partial charge < -0.3 is 10.2 Å². The number of aliphatic hydroxyl groups excluding tert-OH is 1. The van der Waals surface area contributed by atoms with Gasteiger partial charge in [0.25, 0.3) is 0 Å². The lowest BCUT2D eigenvalue weighted by atomic mass is 10.1. The van der Waals surface area contributed by atoms with Crippen LogP contribution in [-0.4, -0.2) is 33.4 Å². The molecule has 0 amide bonds. The number of benzene rings is 2. The van der Waals surface area contributed by atoms with Gasteiger partial charge in [-0.25, -0.2) is 27.6 Å². The lowest BCUT2D eigenvalue weighted by molar-refractivity contribution is -0.0493. The molecule has 0 aliphatic rings. The van der Waals surface area contributed by atoms with Crippen LogP contribution in [0.1, 0.15) is 23.5 Å². The predicted octanol–water partition coefficient (Wildman–Crippen LogP) is 0.628. The van der Waals surface area contributed by atoms with Crippen molar-refractivity contribution in [2.45, 2.75) is 17.6 Å². The van der Waals surface area contributed by atoms with Crippen LogP contribution < -0.4 is 5.14 Å². The van der Waals surface area contributed by atoms with Crippen LogP contribution >= 0.6 is 0 Å². The number of nitrogens with two attached hydrogens (primary N) is 1. The van der Waals surface area contributed by atoms with E-state index in [0.29, 0.717) is 0 Å². The molecule has 0 aliphatic heterocycles. The summed E-state index contributed by atoms with van der Waals surface area (Å²) in [6.45, 7) is 0. The normalized spacial score (nSPS) is 11.9. The zero-order valence-corrected chi connectivity index (χ0v) is 14.1. The minimum absolute atomic E-state index is 0.0947. The quantitative estimate of drug-likeness (QED) is 0.558. The summed E-state index contributed by atoms with van der Waals surface area (Å²) in [6.07, 6.45) is -1.69. The highest BCUT2D eigenvalue weighted by Gasteiger charge is 2.20. The third-order valence-corrected chi connectivity index (χ3v) is 4.51. The van der Waals surface area contributed by atoms with Crippen molar-refractivity contribution in [3.05, 3.63) is 71.6 Å². The van der Waals surface area contributed by atoms with Crippen molar-refractivity contribution in [2.75, 3.05) is 0 Å². The summed E-state index contributed by atoms with van der Waals surface area (Å²) in [5, 5.41) is 27.6. The largest absolute Gasteiger partial charge is 0.362 e. The first kappa shape index (κ1) is 18.1. The molecule has 0 spiro atoms. The second-order valence-corrected chi connectivity index (χ2v) is 7.05. The van der Waals surface area contributed by atoms with Crippen molar-refractivity contribution in [3.63, 3.8) is 0 Å². The fourth-order valence-corrected chi connectivity index (χ4v) is 2.92. The number of halogens is 1. The fraction of sp³-hybridized carbons (Fsp3) is 0.125. The van der Waals surface area contributed by atoms with E-state index in [1.54, 1.807) is 0 Å². The van der Waals surface area contributed by atoms with Crippen molar-refractivity contribution in [2.24, 2.45) is 5.14 Å². The maximum atomic E-state index is 14.5. The summed E-state index contributed by atoms with van der Waals surface area (Å²) in [5.74, 6) is -0.942. The summed E-state index contributed by atoms with van der Waals surface area (Å²) in [7, 11) is -4.06. The van der Waals surface area contributed by atoms with Crippen LogP contribution in [0.15, 0.2) is 53.4 Å². The molecule has 0 saturated carbocycles. The molecule has 0 bridgehead atoms. The summed E-state index contributed by atoms with van der Waals surface area (Å²) in [4.78, 5) is 3.65. The molecule has 0 saturated heterocycles. The Morgan fingerprint density at radius 2 is 1.85 bits per heavy atom. The van der Waals surface area contributed by atoms with E-state index in [9.17, 15) is 23.0 Å². The number of rotatable bonds is 5. The third kappa shape index (κ3) is 3.78. The van der Waals surface area contributed by atoms with Gasteiger partial charge in [-0.15, -0.1) is 5.10 Å². The topological polar surface area (TPSA) is 131 Å². The first-order chi connectivity index (χ1) is 12.3. The molecule has 8 nitrogen and oxygen atoms in total. The van der Waals surface area contributed by atoms with Crippen molar-refractivity contribution in [3.8, 4) is 5.69 Å². The summed E-state index contributed by atoms with van der Waals surface area (Å²) < 4.78 is 38.3. The number of hydrogen-bond acceptors (Lipinski definition) is 6. The van der Waals surface area contributed by atoms with Crippen LogP contribution in [0, 0.1) is 5.82 Å². The first-order valence-electron chi connectivity index (χ1n) is 7.44. The highest BCUT2D eigenvalue weighted by Crippen LogP contribution is 2.21. The Morgan fingerprint density at radius 1 is 1.15 bits per heavy atom. The fourth-order valence-electron chi connectivity index (χ4n) is 2.39. The number of nitrogens with zero attached hydrogens (tertiary/aromatic N) is 3. The number of sulfonamides is 1. The Labute approximate surface area is 148 Å². The molecule has 0 fully saturated rings. The maximum Gasteiger partial charge on any atom is 0.238 e. The van der Waals surface area contributed by atoms with Crippen LogP contribution in [0.25, 0.3) is 5.69 Å². The van der Waals surface area contributed by atoms with Crippen LogP contribution in [0.5, 0.6) is 0 Å². The Hall–Kier alpha value is -2.66. The minimum atomic E-state index is -4.06. The Kier molecular flexibility index (Phi) is 4.83. The predicted molar refractivity (Wildman–Crippen MR) is 89.1 cm³/mol. The average molecular weight is 378 g/mol. The van der Waals surface area contributed by atoms with Gasteiger partial charge in [-0.2, -0.15) is 0 Å². The third-order valence-electron chi connectivity index (χ3n) is 3.60. The van der Waals surface area contributed by atoms with Gasteiger partial charge in [0.15, 0.2) is 0 Å². The van der Waals surface area contributed by atoms with Gasteiger partial charge in [0, 0.05) is 6.42 Å². The van der Waals surface area contributed by atoms with Gasteiger partial charge in [0.2, 0.25) is 22.1 Å². The van der Waals surface area contributed by atoms with E-state index in [-0.39, 0.29) is 28.7 Å². The standard InChI is InChI=1S/C16H15FN4O4S/c17-12-9-11(26(18,24)25)6-7-13(12)21-14(19-15(20-21)16(22)23)8-10-4-2-1-3-5-10/h1-7,9,16,22-23H,8H2,(H2,18,24,25). The van der Waals surface area contributed by atoms with Crippen LogP contribution in [0.3, 0.4) is 0 Å². The van der Waals surface area contributed by atoms with Crippen molar-refractivity contribution >= 4 is 10.0 Å². The second kappa shape index (κ2) is 6.92. The summed E-state index contributed by atoms with van der Waals surface area (Å²) in [5.41, 5.74) is 0.754. The van der Waals surface area contributed by atoms with Gasteiger partial charge in [0.05, 0.1) is 4.90 Å². The van der Waals surface area contributed by atoms with Crippen LogP contribution in [0.2, 0.25) is 0 Å². The summed E-state index contributed by atoms with van der Waals surface area (Å²) >= 11 is 0. The molecular formula is C16H15FN4O4S. The summed E-state index contributed by atoms with van der Waals surface area (Å²) in [6, 6.07) is 12.2. The highest BCUT2D eigenvalue weighted by molar-refractivity contribution is 7.89. The van der Waals surface area contributed by atoms with Gasteiger partial charge in [-0.1, -0.05) is 30.3 Å². The van der Waals surface area contributed by atoms with Crippen LogP contribution in [-0.2, 0) is 16.4 Å². The SMILES string of the molecule is NS(=O)(=O)c1ccc(-n2nc(C(O)O)nc2Cc2ccccc2)c(F)c1. The molecule has 0 unspecified atom stereocenters. The average Bonchev–Trinajstić information content (AvgIpc) is 2.99. The molecule has 3 rings (SSSR count). The van der Waals surface area contributed by atoms with Gasteiger partial charge >= 0.3 is 0 Å². The van der Waals surface area contributed by atoms with Crippen molar-refractivity contribution in [1.29, 1.82) is 0 Å². The smallest absolute Gasteiger partial charge is 0.238 e. The molecule has 4 N–H and O–H groups in total. The van der Waals surface area contributed by atoms with E-state index in [1.807, 2.05) is 30.3 Å². The minimum Gasteiger partial charge on any atom is -0.362 e. The number of aromatic nitrogens is 3. The molecule has 136 valence electrons. The van der Waals surface area contributed by atoms with E-state index < -0.39 is 22.1 Å². The molecule has 26 heavy (non-hydrogen) atoms. The molecular weight excluding hydrogens is 363 g/mol. The number of hydrogen-bond donors (Lipinski definition) is 3. The Bertz CT molecular complexity index is 1040. The molecule has 1 aromatic heterocycles. The van der Waals surface area contributed by atoms with E-state index in [1.165, 1.54) is 6.07 Å². The molecule has 3 aromatic rings. The second-order valence-electron chi connectivity index (χ2n) is 5.49. The van der Waals surface area contributed by atoms with Gasteiger partial charge in [0.1, 0.15) is 17.3 Å². The zero-order valence-electron chi connectivity index (χ0n) is 13.3. The lowest BCUT2D eigenvalue weighted by Gasteiger charge is -2.08. The van der Waals surface area contributed by atoms with Crippen molar-refractivity contribution in [1.82, 2.24) is 14.8 Å². The molecule has 0 aliphatic carbocycles. The van der Waals surface area contributed by atoms with E-state index in [4.69, 9.17) is 5.14 Å². The maximum absolute atomic E-state index is 14.5. The van der Waals surface area contributed by atoms with Gasteiger partial charge in [-0.05, 0) is 23.8 Å². The van der Waals surface area contributed by atoms with Crippen molar-refractivity contribution < 1.29 is 23.0 Å². The monoisotopic (exact) mass is 378 g/mol. The number of aliphatic hydroxyl groups is 2. The number of primary sulfonamides is 1. The molecule has 2 aromatic carbocycles. The lowest BCUT2D eigenvalue weighted by Crippen LogP contribution is -2.13.